The van der Waals surface area contributed by atoms with E-state index in [9.17, 15) is 4.21 Å². The average molecular weight is 394 g/mol. The van der Waals surface area contributed by atoms with Gasteiger partial charge in [-0.1, -0.05) is 32.4 Å². The van der Waals surface area contributed by atoms with Crippen molar-refractivity contribution < 1.29 is 4.21 Å². The van der Waals surface area contributed by atoms with E-state index in [0.717, 1.165) is 69.8 Å². The Morgan fingerprint density at radius 3 is 2.19 bits per heavy atom. The summed E-state index contributed by atoms with van der Waals surface area (Å²) < 4.78 is 11.5. The van der Waals surface area contributed by atoms with E-state index in [4.69, 9.17) is 0 Å². The molecule has 0 N–H and O–H groups in total. The number of piperazine rings is 1. The lowest BCUT2D eigenvalue weighted by atomic mass is 9.74. The van der Waals surface area contributed by atoms with Gasteiger partial charge < -0.3 is 9.80 Å². The van der Waals surface area contributed by atoms with Crippen molar-refractivity contribution in [1.29, 1.82) is 0 Å². The standard InChI is InChI=1S/C22H39N3OS/c1-4-19(2)22(21-6-5-7-21)18-20(3)25-12-10-23(11-13-25)8-9-24-14-16-27(26)17-15-24/h18-19,21H,3-17H2,1-2H3/b22-18+. The van der Waals surface area contributed by atoms with Gasteiger partial charge >= 0.3 is 0 Å². The molecular formula is C22H39N3OS. The zero-order chi connectivity index (χ0) is 19.2. The summed E-state index contributed by atoms with van der Waals surface area (Å²) in [5, 5.41) is 0. The van der Waals surface area contributed by atoms with Crippen molar-refractivity contribution in [2.45, 2.75) is 39.5 Å². The second kappa shape index (κ2) is 10.2. The molecule has 3 rings (SSSR count). The maximum atomic E-state index is 11.5. The predicted molar refractivity (Wildman–Crippen MR) is 116 cm³/mol. The molecule has 2 aliphatic heterocycles. The maximum absolute atomic E-state index is 11.5. The van der Waals surface area contributed by atoms with Gasteiger partial charge in [-0.05, 0) is 37.2 Å². The van der Waals surface area contributed by atoms with Crippen LogP contribution in [-0.2, 0) is 10.8 Å². The topological polar surface area (TPSA) is 26.8 Å². The van der Waals surface area contributed by atoms with Crippen LogP contribution in [0.2, 0.25) is 0 Å². The minimum Gasteiger partial charge on any atom is -0.369 e. The van der Waals surface area contributed by atoms with E-state index in [1.165, 1.54) is 31.4 Å². The molecule has 0 amide bonds. The molecule has 4 nitrogen and oxygen atoms in total. The van der Waals surface area contributed by atoms with Gasteiger partial charge in [0, 0.05) is 80.4 Å². The van der Waals surface area contributed by atoms with Gasteiger partial charge in [0.1, 0.15) is 0 Å². The van der Waals surface area contributed by atoms with Crippen LogP contribution < -0.4 is 0 Å². The molecule has 0 aromatic rings. The van der Waals surface area contributed by atoms with Gasteiger partial charge in [-0.15, -0.1) is 0 Å². The van der Waals surface area contributed by atoms with Crippen molar-refractivity contribution >= 4 is 10.8 Å². The fraction of sp³-hybridized carbons (Fsp3) is 0.818. The first-order valence-electron chi connectivity index (χ1n) is 11.0. The first kappa shape index (κ1) is 21.1. The van der Waals surface area contributed by atoms with Crippen molar-refractivity contribution in [1.82, 2.24) is 14.7 Å². The molecule has 2 heterocycles. The number of hydrogen-bond donors (Lipinski definition) is 0. The quantitative estimate of drug-likeness (QED) is 0.593. The number of rotatable bonds is 8. The molecule has 154 valence electrons. The van der Waals surface area contributed by atoms with Crippen LogP contribution in [0.5, 0.6) is 0 Å². The number of nitrogens with zero attached hydrogens (tertiary/aromatic N) is 3. The highest BCUT2D eigenvalue weighted by Crippen LogP contribution is 2.38. The van der Waals surface area contributed by atoms with E-state index < -0.39 is 10.8 Å². The van der Waals surface area contributed by atoms with Gasteiger partial charge in [0.2, 0.25) is 0 Å². The van der Waals surface area contributed by atoms with Gasteiger partial charge in [0.15, 0.2) is 0 Å². The molecule has 1 aliphatic carbocycles. The van der Waals surface area contributed by atoms with E-state index in [1.54, 1.807) is 5.57 Å². The van der Waals surface area contributed by atoms with Crippen LogP contribution in [0.1, 0.15) is 39.5 Å². The van der Waals surface area contributed by atoms with Gasteiger partial charge in [-0.2, -0.15) is 0 Å². The molecule has 0 bridgehead atoms. The summed E-state index contributed by atoms with van der Waals surface area (Å²) >= 11 is 0. The van der Waals surface area contributed by atoms with E-state index in [2.05, 4.69) is 41.2 Å². The molecule has 27 heavy (non-hydrogen) atoms. The second-order valence-corrected chi connectivity index (χ2v) is 10.3. The molecule has 0 radical (unpaired) electrons. The Morgan fingerprint density at radius 2 is 1.67 bits per heavy atom. The Labute approximate surface area is 169 Å². The smallest absolute Gasteiger partial charge is 0.0363 e. The molecule has 1 saturated carbocycles. The SMILES string of the molecule is C=C(/C=C(\C(C)CC)C1CCC1)N1CCN(CCN2CCS(=O)CC2)CC1. The minimum atomic E-state index is -0.566. The summed E-state index contributed by atoms with van der Waals surface area (Å²) in [6.45, 7) is 17.8. The highest BCUT2D eigenvalue weighted by molar-refractivity contribution is 7.85. The zero-order valence-corrected chi connectivity index (χ0v) is 18.3. The summed E-state index contributed by atoms with van der Waals surface area (Å²) in [5.41, 5.74) is 2.88. The number of hydrogen-bond acceptors (Lipinski definition) is 4. The number of allylic oxidation sites excluding steroid dienone is 2. The van der Waals surface area contributed by atoms with Gasteiger partial charge in [0.25, 0.3) is 0 Å². The minimum absolute atomic E-state index is 0.566. The Hall–Kier alpha value is -0.650. The fourth-order valence-corrected chi connectivity index (χ4v) is 5.49. The van der Waals surface area contributed by atoms with Gasteiger partial charge in [0.05, 0.1) is 0 Å². The molecule has 3 aliphatic rings. The molecule has 5 heteroatoms. The first-order chi connectivity index (χ1) is 13.1. The van der Waals surface area contributed by atoms with Crippen LogP contribution in [0.4, 0.5) is 0 Å². The molecule has 0 aromatic heterocycles. The van der Waals surface area contributed by atoms with E-state index in [1.807, 2.05) is 0 Å². The lowest BCUT2D eigenvalue weighted by Gasteiger charge is -2.38. The van der Waals surface area contributed by atoms with Crippen molar-refractivity contribution in [2.24, 2.45) is 11.8 Å². The molecule has 1 unspecified atom stereocenters. The largest absolute Gasteiger partial charge is 0.369 e. The highest BCUT2D eigenvalue weighted by Gasteiger charge is 2.26. The van der Waals surface area contributed by atoms with Crippen molar-refractivity contribution in [3.63, 3.8) is 0 Å². The molecule has 0 aromatic carbocycles. The molecule has 3 fully saturated rings. The Bertz CT molecular complexity index is 533. The Kier molecular flexibility index (Phi) is 7.97. The maximum Gasteiger partial charge on any atom is 0.0363 e. The molecule has 2 saturated heterocycles. The normalized spacial score (nSPS) is 25.4. The predicted octanol–water partition coefficient (Wildman–Crippen LogP) is 2.95. The van der Waals surface area contributed by atoms with Crippen LogP contribution >= 0.6 is 0 Å². The fourth-order valence-electron chi connectivity index (χ4n) is 4.36. The van der Waals surface area contributed by atoms with Crippen LogP contribution in [0, 0.1) is 11.8 Å². The van der Waals surface area contributed by atoms with Gasteiger partial charge in [-0.25, -0.2) is 0 Å². The molecular weight excluding hydrogens is 354 g/mol. The third kappa shape index (κ3) is 5.91. The lowest BCUT2D eigenvalue weighted by molar-refractivity contribution is 0.143. The van der Waals surface area contributed by atoms with Gasteiger partial charge in [-0.3, -0.25) is 9.11 Å². The summed E-state index contributed by atoms with van der Waals surface area (Å²) in [6, 6.07) is 0. The molecule has 0 spiro atoms. The monoisotopic (exact) mass is 393 g/mol. The summed E-state index contributed by atoms with van der Waals surface area (Å²) in [7, 11) is -0.566. The summed E-state index contributed by atoms with van der Waals surface area (Å²) in [4.78, 5) is 7.55. The van der Waals surface area contributed by atoms with Crippen LogP contribution in [-0.4, -0.2) is 82.8 Å². The molecule has 1 atom stereocenters. The average Bonchev–Trinajstić information content (AvgIpc) is 2.65. The zero-order valence-electron chi connectivity index (χ0n) is 17.5. The van der Waals surface area contributed by atoms with Crippen molar-refractivity contribution in [3.05, 3.63) is 23.9 Å². The van der Waals surface area contributed by atoms with E-state index in [-0.39, 0.29) is 0 Å². The Balaban J connectivity index is 1.43. The van der Waals surface area contributed by atoms with E-state index in [0.29, 0.717) is 5.92 Å². The van der Waals surface area contributed by atoms with Crippen molar-refractivity contribution in [2.75, 3.05) is 63.9 Å². The van der Waals surface area contributed by atoms with Crippen LogP contribution in [0.3, 0.4) is 0 Å². The Morgan fingerprint density at radius 1 is 1.07 bits per heavy atom. The van der Waals surface area contributed by atoms with E-state index >= 15 is 0 Å². The lowest BCUT2D eigenvalue weighted by Crippen LogP contribution is -2.49. The third-order valence-electron chi connectivity index (χ3n) is 6.87. The second-order valence-electron chi connectivity index (χ2n) is 8.59. The summed E-state index contributed by atoms with van der Waals surface area (Å²) in [6.07, 6.45) is 7.81. The summed E-state index contributed by atoms with van der Waals surface area (Å²) in [5.74, 6) is 3.22. The highest BCUT2D eigenvalue weighted by atomic mass is 32.2. The third-order valence-corrected chi connectivity index (χ3v) is 8.15. The van der Waals surface area contributed by atoms with Crippen molar-refractivity contribution in [3.8, 4) is 0 Å². The van der Waals surface area contributed by atoms with Crippen LogP contribution in [0.25, 0.3) is 0 Å². The first-order valence-corrected chi connectivity index (χ1v) is 12.5. The van der Waals surface area contributed by atoms with Crippen LogP contribution in [0.15, 0.2) is 23.9 Å².